The van der Waals surface area contributed by atoms with Crippen LogP contribution in [0.2, 0.25) is 0 Å². The first-order valence-corrected chi connectivity index (χ1v) is 6.63. The Kier molecular flexibility index (Phi) is 4.27. The molecule has 0 aliphatic heterocycles. The molecule has 2 rings (SSSR count). The molecule has 1 atom stereocenters. The number of hydrogen-bond donors (Lipinski definition) is 1. The Labute approximate surface area is 111 Å². The summed E-state index contributed by atoms with van der Waals surface area (Å²) < 4.78 is 11.1. The maximum Gasteiger partial charge on any atom is 0.228 e. The first-order valence-electron chi connectivity index (χ1n) is 5.02. The molecule has 0 spiro atoms. The molecule has 1 unspecified atom stereocenters. The van der Waals surface area contributed by atoms with E-state index >= 15 is 0 Å². The molecule has 0 saturated carbocycles. The Morgan fingerprint density at radius 1 is 1.59 bits per heavy atom. The van der Waals surface area contributed by atoms with E-state index in [1.165, 1.54) is 0 Å². The predicted octanol–water partition coefficient (Wildman–Crippen LogP) is 2.08. The predicted molar refractivity (Wildman–Crippen MR) is 68.9 cm³/mol. The van der Waals surface area contributed by atoms with Crippen LogP contribution in [0.4, 0.5) is 0 Å². The van der Waals surface area contributed by atoms with Crippen LogP contribution >= 0.6 is 27.3 Å². The van der Waals surface area contributed by atoms with Gasteiger partial charge in [-0.3, -0.25) is 0 Å². The third-order valence-electron chi connectivity index (χ3n) is 2.08. The summed E-state index contributed by atoms with van der Waals surface area (Å²) in [4.78, 5) is 5.26. The molecule has 17 heavy (non-hydrogen) atoms. The van der Waals surface area contributed by atoms with E-state index in [1.54, 1.807) is 18.4 Å². The van der Waals surface area contributed by atoms with Gasteiger partial charge < -0.3 is 15.0 Å². The lowest BCUT2D eigenvalue weighted by Crippen LogP contribution is -2.28. The summed E-state index contributed by atoms with van der Waals surface area (Å²) in [6, 6.07) is 3.77. The lowest BCUT2D eigenvalue weighted by molar-refractivity contribution is 0.176. The van der Waals surface area contributed by atoms with Crippen LogP contribution in [0.15, 0.2) is 20.4 Å². The molecule has 0 radical (unpaired) electrons. The van der Waals surface area contributed by atoms with Gasteiger partial charge in [-0.1, -0.05) is 5.16 Å². The van der Waals surface area contributed by atoms with E-state index in [9.17, 15) is 0 Å². The SMILES string of the molecule is COCC(N)Cc1nc(-c2ccc(Br)s2)no1. The molecule has 2 heterocycles. The van der Waals surface area contributed by atoms with E-state index in [0.29, 0.717) is 24.7 Å². The summed E-state index contributed by atoms with van der Waals surface area (Å²) in [6.45, 7) is 0.474. The number of methoxy groups -OCH3 is 1. The van der Waals surface area contributed by atoms with E-state index in [-0.39, 0.29) is 6.04 Å². The van der Waals surface area contributed by atoms with Gasteiger partial charge >= 0.3 is 0 Å². The molecule has 92 valence electrons. The molecule has 7 heteroatoms. The Morgan fingerprint density at radius 2 is 2.41 bits per heavy atom. The minimum atomic E-state index is -0.122. The number of halogens is 1. The normalized spacial score (nSPS) is 12.9. The highest BCUT2D eigenvalue weighted by molar-refractivity contribution is 9.11. The zero-order valence-corrected chi connectivity index (χ0v) is 11.6. The number of rotatable bonds is 5. The number of nitrogens with two attached hydrogens (primary N) is 1. The van der Waals surface area contributed by atoms with Crippen LogP contribution in [0, 0.1) is 0 Å². The van der Waals surface area contributed by atoms with Crippen LogP contribution < -0.4 is 5.73 Å². The molecule has 0 aliphatic rings. The van der Waals surface area contributed by atoms with Gasteiger partial charge in [0, 0.05) is 19.6 Å². The van der Waals surface area contributed by atoms with Gasteiger partial charge in [0.1, 0.15) is 0 Å². The topological polar surface area (TPSA) is 74.2 Å². The molecule has 2 aromatic rings. The zero-order valence-electron chi connectivity index (χ0n) is 9.22. The van der Waals surface area contributed by atoms with Crippen molar-refractivity contribution in [3.8, 4) is 10.7 Å². The minimum Gasteiger partial charge on any atom is -0.383 e. The van der Waals surface area contributed by atoms with Gasteiger partial charge in [0.15, 0.2) is 0 Å². The summed E-state index contributed by atoms with van der Waals surface area (Å²) in [5, 5.41) is 3.92. The van der Waals surface area contributed by atoms with Crippen molar-refractivity contribution in [1.82, 2.24) is 10.1 Å². The molecule has 2 N–H and O–H groups in total. The van der Waals surface area contributed by atoms with Crippen molar-refractivity contribution < 1.29 is 9.26 Å². The van der Waals surface area contributed by atoms with Crippen LogP contribution in [0.5, 0.6) is 0 Å². The van der Waals surface area contributed by atoms with E-state index in [1.807, 2.05) is 12.1 Å². The van der Waals surface area contributed by atoms with Gasteiger partial charge in [-0.25, -0.2) is 0 Å². The zero-order chi connectivity index (χ0) is 12.3. The molecule has 0 saturated heterocycles. The van der Waals surface area contributed by atoms with Crippen molar-refractivity contribution in [2.24, 2.45) is 5.73 Å². The van der Waals surface area contributed by atoms with Crippen molar-refractivity contribution in [3.05, 3.63) is 21.8 Å². The summed E-state index contributed by atoms with van der Waals surface area (Å²) >= 11 is 4.95. The standard InChI is InChI=1S/C10H12BrN3O2S/c1-15-5-6(12)4-9-13-10(14-16-9)7-2-3-8(11)17-7/h2-3,6H,4-5,12H2,1H3. The first kappa shape index (κ1) is 12.7. The fourth-order valence-corrected chi connectivity index (χ4v) is 2.68. The first-order chi connectivity index (χ1) is 8.19. The lowest BCUT2D eigenvalue weighted by atomic mass is 10.2. The fraction of sp³-hybridized carbons (Fsp3) is 0.400. The van der Waals surface area contributed by atoms with Crippen molar-refractivity contribution in [1.29, 1.82) is 0 Å². The summed E-state index contributed by atoms with van der Waals surface area (Å²) in [5.74, 6) is 1.13. The monoisotopic (exact) mass is 317 g/mol. The molecular weight excluding hydrogens is 306 g/mol. The van der Waals surface area contributed by atoms with Crippen molar-refractivity contribution >= 4 is 27.3 Å². The van der Waals surface area contributed by atoms with Crippen molar-refractivity contribution in [3.63, 3.8) is 0 Å². The van der Waals surface area contributed by atoms with E-state index in [0.717, 1.165) is 8.66 Å². The van der Waals surface area contributed by atoms with Crippen LogP contribution in [-0.4, -0.2) is 29.9 Å². The maximum atomic E-state index is 5.81. The molecule has 0 aromatic carbocycles. The van der Waals surface area contributed by atoms with Crippen LogP contribution in [-0.2, 0) is 11.2 Å². The van der Waals surface area contributed by atoms with Crippen molar-refractivity contribution in [2.45, 2.75) is 12.5 Å². The van der Waals surface area contributed by atoms with Gasteiger partial charge in [-0.05, 0) is 28.1 Å². The number of hydrogen-bond acceptors (Lipinski definition) is 6. The molecule has 0 amide bonds. The highest BCUT2D eigenvalue weighted by atomic mass is 79.9. The Balaban J connectivity index is 2.05. The van der Waals surface area contributed by atoms with Gasteiger partial charge in [0.2, 0.25) is 11.7 Å². The smallest absolute Gasteiger partial charge is 0.228 e. The highest BCUT2D eigenvalue weighted by Crippen LogP contribution is 2.29. The molecule has 0 aliphatic carbocycles. The highest BCUT2D eigenvalue weighted by Gasteiger charge is 2.13. The maximum absolute atomic E-state index is 5.81. The largest absolute Gasteiger partial charge is 0.383 e. The Morgan fingerprint density at radius 3 is 3.06 bits per heavy atom. The summed E-state index contributed by atoms with van der Waals surface area (Å²) in [6.07, 6.45) is 0.521. The van der Waals surface area contributed by atoms with Gasteiger partial charge in [0.05, 0.1) is 15.3 Å². The van der Waals surface area contributed by atoms with E-state index in [2.05, 4.69) is 26.1 Å². The van der Waals surface area contributed by atoms with Gasteiger partial charge in [-0.15, -0.1) is 11.3 Å². The van der Waals surface area contributed by atoms with Gasteiger partial charge in [0.25, 0.3) is 0 Å². The number of thiophene rings is 1. The average molecular weight is 318 g/mol. The van der Waals surface area contributed by atoms with Crippen molar-refractivity contribution in [2.75, 3.05) is 13.7 Å². The Hall–Kier alpha value is -0.760. The Bertz CT molecular complexity index is 485. The molecular formula is C10H12BrN3O2S. The van der Waals surface area contributed by atoms with Crippen LogP contribution in [0.3, 0.4) is 0 Å². The number of ether oxygens (including phenoxy) is 1. The quantitative estimate of drug-likeness (QED) is 0.913. The summed E-state index contributed by atoms with van der Waals surface area (Å²) in [7, 11) is 1.61. The van der Waals surface area contributed by atoms with Gasteiger partial charge in [-0.2, -0.15) is 4.98 Å². The van der Waals surface area contributed by atoms with E-state index in [4.69, 9.17) is 15.0 Å². The fourth-order valence-electron chi connectivity index (χ4n) is 1.37. The average Bonchev–Trinajstić information content (AvgIpc) is 2.87. The second kappa shape index (κ2) is 5.72. The minimum absolute atomic E-state index is 0.122. The van der Waals surface area contributed by atoms with Crippen LogP contribution in [0.25, 0.3) is 10.7 Å². The lowest BCUT2D eigenvalue weighted by Gasteiger charge is -2.05. The van der Waals surface area contributed by atoms with Crippen LogP contribution in [0.1, 0.15) is 5.89 Å². The second-order valence-corrected chi connectivity index (χ2v) is 6.00. The molecule has 0 bridgehead atoms. The third-order valence-corrected chi connectivity index (χ3v) is 3.70. The number of nitrogens with zero attached hydrogens (tertiary/aromatic N) is 2. The van der Waals surface area contributed by atoms with E-state index < -0.39 is 0 Å². The summed E-state index contributed by atoms with van der Waals surface area (Å²) in [5.41, 5.74) is 5.81. The number of aromatic nitrogens is 2. The second-order valence-electron chi connectivity index (χ2n) is 3.54. The molecule has 0 fully saturated rings. The molecule has 5 nitrogen and oxygen atoms in total. The third kappa shape index (κ3) is 3.35. The molecule has 2 aromatic heterocycles.